The van der Waals surface area contributed by atoms with Crippen molar-refractivity contribution in [3.05, 3.63) is 59.9 Å². The number of hydrogen-bond acceptors (Lipinski definition) is 4. The Morgan fingerprint density at radius 2 is 2.23 bits per heavy atom. The van der Waals surface area contributed by atoms with E-state index in [0.29, 0.717) is 25.6 Å². The van der Waals surface area contributed by atoms with E-state index in [1.54, 1.807) is 4.90 Å². The summed E-state index contributed by atoms with van der Waals surface area (Å²) in [5.41, 5.74) is 3.40. The van der Waals surface area contributed by atoms with Crippen LogP contribution in [0.1, 0.15) is 41.6 Å². The Balaban J connectivity index is 1.50. The zero-order valence-electron chi connectivity index (χ0n) is 15.0. The quantitative estimate of drug-likeness (QED) is 0.750. The Morgan fingerprint density at radius 3 is 2.96 bits per heavy atom. The number of nitrogens with zero attached hydrogens (tertiary/aromatic N) is 4. The van der Waals surface area contributed by atoms with Gasteiger partial charge in [0.1, 0.15) is 0 Å². The molecule has 0 radical (unpaired) electrons. The fourth-order valence-electron chi connectivity index (χ4n) is 3.51. The van der Waals surface area contributed by atoms with E-state index >= 15 is 0 Å². The van der Waals surface area contributed by atoms with Gasteiger partial charge in [0, 0.05) is 25.2 Å². The van der Waals surface area contributed by atoms with Gasteiger partial charge in [-0.3, -0.25) is 4.79 Å². The van der Waals surface area contributed by atoms with Gasteiger partial charge < -0.3 is 9.64 Å². The Morgan fingerprint density at radius 1 is 1.38 bits per heavy atom. The molecule has 1 aromatic carbocycles. The second-order valence-electron chi connectivity index (χ2n) is 7.25. The molecule has 1 saturated heterocycles. The molecule has 2 fully saturated rings. The van der Waals surface area contributed by atoms with Gasteiger partial charge in [-0.1, -0.05) is 41.6 Å². The number of hydrogen-bond donors (Lipinski definition) is 0. The Hall–Kier alpha value is -2.47. The third kappa shape index (κ3) is 3.55. The summed E-state index contributed by atoms with van der Waals surface area (Å²) >= 11 is 0. The molecule has 6 heteroatoms. The van der Waals surface area contributed by atoms with Crippen LogP contribution in [0.25, 0.3) is 0 Å². The number of likely N-dealkylation sites (tertiary alicyclic amines) is 1. The lowest BCUT2D eigenvalue weighted by Crippen LogP contribution is -2.28. The van der Waals surface area contributed by atoms with Crippen LogP contribution in [-0.2, 0) is 16.1 Å². The van der Waals surface area contributed by atoms with E-state index in [1.165, 1.54) is 24.5 Å². The highest BCUT2D eigenvalue weighted by molar-refractivity contribution is 5.87. The van der Waals surface area contributed by atoms with Crippen LogP contribution in [0.4, 0.5) is 0 Å². The third-order valence-corrected chi connectivity index (χ3v) is 5.13. The van der Waals surface area contributed by atoms with Gasteiger partial charge in [0.25, 0.3) is 0 Å². The standard InChI is InChI=1S/C20H24N4O2/c1-3-20(25)23-11-18(24-10-17(21-22-24)16-7-8-16)19(12-23)26-13-15-6-4-5-14(2)9-15/h3-6,9-10,16,18-19H,1,7-8,11-13H2,2H3/t18-,19-/m1/s1. The molecule has 0 bridgehead atoms. The van der Waals surface area contributed by atoms with E-state index in [2.05, 4.69) is 42.0 Å². The second-order valence-corrected chi connectivity index (χ2v) is 7.25. The number of aromatic nitrogens is 3. The van der Waals surface area contributed by atoms with E-state index in [0.717, 1.165) is 11.3 Å². The first-order chi connectivity index (χ1) is 12.6. The van der Waals surface area contributed by atoms with Gasteiger partial charge >= 0.3 is 0 Å². The molecule has 1 aliphatic carbocycles. The Bertz CT molecular complexity index is 812. The van der Waals surface area contributed by atoms with Crippen molar-refractivity contribution < 1.29 is 9.53 Å². The van der Waals surface area contributed by atoms with Crippen LogP contribution in [0.15, 0.2) is 43.1 Å². The molecule has 1 amide bonds. The van der Waals surface area contributed by atoms with Crippen LogP contribution in [0.2, 0.25) is 0 Å². The highest BCUT2D eigenvalue weighted by Gasteiger charge is 2.38. The predicted octanol–water partition coefficient (Wildman–Crippen LogP) is 2.62. The van der Waals surface area contributed by atoms with E-state index in [9.17, 15) is 4.79 Å². The maximum absolute atomic E-state index is 12.1. The summed E-state index contributed by atoms with van der Waals surface area (Å²) in [6.45, 7) is 7.30. The van der Waals surface area contributed by atoms with Crippen molar-refractivity contribution in [1.29, 1.82) is 0 Å². The molecule has 136 valence electrons. The van der Waals surface area contributed by atoms with Crippen LogP contribution in [-0.4, -0.2) is 45.0 Å². The normalized spacial score (nSPS) is 22.6. The lowest BCUT2D eigenvalue weighted by atomic mass is 10.1. The first-order valence-electron chi connectivity index (χ1n) is 9.14. The summed E-state index contributed by atoms with van der Waals surface area (Å²) in [7, 11) is 0. The molecule has 1 saturated carbocycles. The zero-order valence-corrected chi connectivity index (χ0v) is 15.0. The highest BCUT2D eigenvalue weighted by Crippen LogP contribution is 2.39. The van der Waals surface area contributed by atoms with Gasteiger partial charge in [-0.2, -0.15) is 0 Å². The molecule has 2 atom stereocenters. The first kappa shape index (κ1) is 17.0. The van der Waals surface area contributed by atoms with Gasteiger partial charge in [0.15, 0.2) is 0 Å². The average Bonchev–Trinajstić information content (AvgIpc) is 3.22. The number of benzene rings is 1. The van der Waals surface area contributed by atoms with Crippen LogP contribution >= 0.6 is 0 Å². The molecular formula is C20H24N4O2. The lowest BCUT2D eigenvalue weighted by molar-refractivity contribution is -0.125. The number of rotatable bonds is 6. The minimum Gasteiger partial charge on any atom is -0.369 e. The van der Waals surface area contributed by atoms with Gasteiger partial charge in [0.05, 0.1) is 24.4 Å². The van der Waals surface area contributed by atoms with Gasteiger partial charge in [-0.25, -0.2) is 4.68 Å². The van der Waals surface area contributed by atoms with Crippen molar-refractivity contribution in [3.63, 3.8) is 0 Å². The summed E-state index contributed by atoms with van der Waals surface area (Å²) in [4.78, 5) is 13.9. The monoisotopic (exact) mass is 352 g/mol. The average molecular weight is 352 g/mol. The number of carbonyl (C=O) groups excluding carboxylic acids is 1. The minimum absolute atomic E-state index is 0.0243. The van der Waals surface area contributed by atoms with E-state index in [1.807, 2.05) is 16.9 Å². The SMILES string of the molecule is C=CC(=O)N1C[C@@H](n2cc(C3CC3)nn2)[C@H](OCc2cccc(C)c2)C1. The van der Waals surface area contributed by atoms with Crippen molar-refractivity contribution >= 4 is 5.91 Å². The Kier molecular flexibility index (Phi) is 4.59. The molecule has 0 unspecified atom stereocenters. The van der Waals surface area contributed by atoms with Gasteiger partial charge in [-0.15, -0.1) is 5.10 Å². The molecule has 6 nitrogen and oxygen atoms in total. The maximum atomic E-state index is 12.1. The van der Waals surface area contributed by atoms with Crippen molar-refractivity contribution in [2.45, 2.75) is 44.4 Å². The molecule has 0 spiro atoms. The summed E-state index contributed by atoms with van der Waals surface area (Å²) in [5, 5.41) is 8.63. The molecule has 1 aliphatic heterocycles. The highest BCUT2D eigenvalue weighted by atomic mass is 16.5. The van der Waals surface area contributed by atoms with Gasteiger partial charge in [0.2, 0.25) is 5.91 Å². The van der Waals surface area contributed by atoms with Crippen molar-refractivity contribution in [1.82, 2.24) is 19.9 Å². The van der Waals surface area contributed by atoms with E-state index < -0.39 is 0 Å². The van der Waals surface area contributed by atoms with E-state index in [-0.39, 0.29) is 18.1 Å². The summed E-state index contributed by atoms with van der Waals surface area (Å²) in [6, 6.07) is 8.26. The fourth-order valence-corrected chi connectivity index (χ4v) is 3.51. The molecule has 0 N–H and O–H groups in total. The van der Waals surface area contributed by atoms with Gasteiger partial charge in [-0.05, 0) is 31.4 Å². The minimum atomic E-state index is -0.117. The number of ether oxygens (including phenoxy) is 1. The van der Waals surface area contributed by atoms with Crippen LogP contribution in [0, 0.1) is 6.92 Å². The number of aryl methyl sites for hydroxylation is 1. The van der Waals surface area contributed by atoms with Crippen LogP contribution in [0.3, 0.4) is 0 Å². The Labute approximate surface area is 153 Å². The first-order valence-corrected chi connectivity index (χ1v) is 9.14. The topological polar surface area (TPSA) is 60.2 Å². The smallest absolute Gasteiger partial charge is 0.246 e. The zero-order chi connectivity index (χ0) is 18.1. The van der Waals surface area contributed by atoms with Crippen molar-refractivity contribution in [3.8, 4) is 0 Å². The predicted molar refractivity (Wildman–Crippen MR) is 97.6 cm³/mol. The fraction of sp³-hybridized carbons (Fsp3) is 0.450. The number of amides is 1. The summed E-state index contributed by atoms with van der Waals surface area (Å²) < 4.78 is 8.08. The van der Waals surface area contributed by atoms with Crippen LogP contribution in [0.5, 0.6) is 0 Å². The molecule has 4 rings (SSSR count). The summed E-state index contributed by atoms with van der Waals surface area (Å²) in [5.74, 6) is 0.488. The largest absolute Gasteiger partial charge is 0.369 e. The van der Waals surface area contributed by atoms with Crippen molar-refractivity contribution in [2.24, 2.45) is 0 Å². The van der Waals surface area contributed by atoms with Crippen LogP contribution < -0.4 is 0 Å². The summed E-state index contributed by atoms with van der Waals surface area (Å²) in [6.07, 6.45) is 5.65. The molecule has 1 aromatic heterocycles. The molecule has 2 aliphatic rings. The van der Waals surface area contributed by atoms with E-state index in [4.69, 9.17) is 4.74 Å². The molecule has 26 heavy (non-hydrogen) atoms. The van der Waals surface area contributed by atoms with Crippen molar-refractivity contribution in [2.75, 3.05) is 13.1 Å². The molecule has 2 aromatic rings. The second kappa shape index (κ2) is 7.03. The molecule has 2 heterocycles. The maximum Gasteiger partial charge on any atom is 0.246 e. The number of carbonyl (C=O) groups is 1. The molecular weight excluding hydrogens is 328 g/mol. The lowest BCUT2D eigenvalue weighted by Gasteiger charge is -2.18. The third-order valence-electron chi connectivity index (χ3n) is 5.13.